The lowest BCUT2D eigenvalue weighted by Crippen LogP contribution is -2.46. The third-order valence-electron chi connectivity index (χ3n) is 5.31. The number of carbonyl (C=O) groups is 1. The van der Waals surface area contributed by atoms with E-state index in [1.807, 2.05) is 11.8 Å². The van der Waals surface area contributed by atoms with Gasteiger partial charge < -0.3 is 20.2 Å². The first-order valence-corrected chi connectivity index (χ1v) is 8.99. The van der Waals surface area contributed by atoms with Gasteiger partial charge in [-0.15, -0.1) is 0 Å². The highest BCUT2D eigenvalue weighted by molar-refractivity contribution is 5.74. The van der Waals surface area contributed by atoms with Gasteiger partial charge >= 0.3 is 6.03 Å². The standard InChI is InChI=1S/C17H33N3O2/c1-14-4-10-19(11-5-14)9-3-8-18-17(22)20-12-6-16(7-13-20)15(2)21/h14-16,21H,3-13H2,1-2H3,(H,18,22). The molecule has 2 amide bonds. The second-order valence-corrected chi connectivity index (χ2v) is 7.17. The quantitative estimate of drug-likeness (QED) is 0.763. The van der Waals surface area contributed by atoms with Crippen LogP contribution in [0.2, 0.25) is 0 Å². The lowest BCUT2D eigenvalue weighted by atomic mass is 9.92. The third-order valence-corrected chi connectivity index (χ3v) is 5.31. The zero-order valence-electron chi connectivity index (χ0n) is 14.3. The van der Waals surface area contributed by atoms with Gasteiger partial charge in [-0.1, -0.05) is 6.92 Å². The number of nitrogens with zero attached hydrogens (tertiary/aromatic N) is 2. The van der Waals surface area contributed by atoms with Crippen LogP contribution in [0.5, 0.6) is 0 Å². The van der Waals surface area contributed by atoms with Crippen LogP contribution in [0.15, 0.2) is 0 Å². The summed E-state index contributed by atoms with van der Waals surface area (Å²) in [6.07, 6.45) is 5.23. The number of amides is 2. The second kappa shape index (κ2) is 8.73. The molecule has 2 aliphatic heterocycles. The van der Waals surface area contributed by atoms with Gasteiger partial charge in [0.2, 0.25) is 0 Å². The van der Waals surface area contributed by atoms with Gasteiger partial charge in [0, 0.05) is 19.6 Å². The van der Waals surface area contributed by atoms with Crippen LogP contribution in [0.1, 0.15) is 46.0 Å². The largest absolute Gasteiger partial charge is 0.393 e. The molecular formula is C17H33N3O2. The molecule has 0 aromatic heterocycles. The van der Waals surface area contributed by atoms with Crippen LogP contribution in [0.3, 0.4) is 0 Å². The Morgan fingerprint density at radius 3 is 2.41 bits per heavy atom. The van der Waals surface area contributed by atoms with Crippen molar-refractivity contribution in [2.75, 3.05) is 39.3 Å². The minimum atomic E-state index is -0.252. The summed E-state index contributed by atoms with van der Waals surface area (Å²) in [4.78, 5) is 16.5. The molecule has 0 saturated carbocycles. The number of carbonyl (C=O) groups excluding carboxylic acids is 1. The van der Waals surface area contributed by atoms with E-state index in [0.29, 0.717) is 5.92 Å². The van der Waals surface area contributed by atoms with Crippen molar-refractivity contribution in [1.82, 2.24) is 15.1 Å². The number of piperidine rings is 2. The molecule has 2 N–H and O–H groups in total. The van der Waals surface area contributed by atoms with Crippen LogP contribution in [0.4, 0.5) is 4.79 Å². The maximum atomic E-state index is 12.1. The Hall–Kier alpha value is -0.810. The number of urea groups is 1. The van der Waals surface area contributed by atoms with E-state index in [9.17, 15) is 9.90 Å². The molecule has 1 unspecified atom stereocenters. The van der Waals surface area contributed by atoms with E-state index >= 15 is 0 Å². The van der Waals surface area contributed by atoms with E-state index < -0.39 is 0 Å². The molecule has 5 heteroatoms. The predicted octanol–water partition coefficient (Wildman–Crippen LogP) is 1.91. The first kappa shape index (κ1) is 17.5. The summed E-state index contributed by atoms with van der Waals surface area (Å²) in [5, 5.41) is 12.6. The summed E-state index contributed by atoms with van der Waals surface area (Å²) < 4.78 is 0. The minimum absolute atomic E-state index is 0.0660. The molecule has 2 saturated heterocycles. The number of likely N-dealkylation sites (tertiary alicyclic amines) is 2. The fraction of sp³-hybridized carbons (Fsp3) is 0.941. The zero-order chi connectivity index (χ0) is 15.9. The molecule has 22 heavy (non-hydrogen) atoms. The van der Waals surface area contributed by atoms with Crippen molar-refractivity contribution in [2.24, 2.45) is 11.8 Å². The van der Waals surface area contributed by atoms with E-state index in [4.69, 9.17) is 0 Å². The van der Waals surface area contributed by atoms with Crippen LogP contribution in [-0.2, 0) is 0 Å². The van der Waals surface area contributed by atoms with Crippen LogP contribution in [0.25, 0.3) is 0 Å². The van der Waals surface area contributed by atoms with Crippen molar-refractivity contribution < 1.29 is 9.90 Å². The Morgan fingerprint density at radius 2 is 1.82 bits per heavy atom. The number of aliphatic hydroxyl groups excluding tert-OH is 1. The third kappa shape index (κ3) is 5.43. The van der Waals surface area contributed by atoms with E-state index in [-0.39, 0.29) is 12.1 Å². The zero-order valence-corrected chi connectivity index (χ0v) is 14.3. The summed E-state index contributed by atoms with van der Waals surface area (Å²) in [6.45, 7) is 10.00. The lowest BCUT2D eigenvalue weighted by molar-refractivity contribution is 0.0798. The summed E-state index contributed by atoms with van der Waals surface area (Å²) in [5.41, 5.74) is 0. The molecule has 0 aliphatic carbocycles. The minimum Gasteiger partial charge on any atom is -0.393 e. The molecule has 0 radical (unpaired) electrons. The molecule has 0 spiro atoms. The van der Waals surface area contributed by atoms with Crippen LogP contribution in [-0.4, -0.2) is 66.3 Å². The van der Waals surface area contributed by atoms with Crippen LogP contribution >= 0.6 is 0 Å². The van der Waals surface area contributed by atoms with Gasteiger partial charge in [0.1, 0.15) is 0 Å². The number of nitrogens with one attached hydrogen (secondary N) is 1. The molecule has 0 bridgehead atoms. The highest BCUT2D eigenvalue weighted by Gasteiger charge is 2.25. The average molecular weight is 311 g/mol. The van der Waals surface area contributed by atoms with Gasteiger partial charge in [0.25, 0.3) is 0 Å². The summed E-state index contributed by atoms with van der Waals surface area (Å²) >= 11 is 0. The smallest absolute Gasteiger partial charge is 0.317 e. The maximum absolute atomic E-state index is 12.1. The van der Waals surface area contributed by atoms with Gasteiger partial charge in [-0.25, -0.2) is 4.79 Å². The number of aliphatic hydroxyl groups is 1. The summed E-state index contributed by atoms with van der Waals surface area (Å²) in [6, 6.07) is 0.0660. The molecule has 0 aromatic carbocycles. The Bertz CT molecular complexity index is 333. The van der Waals surface area contributed by atoms with Crippen molar-refractivity contribution in [3.63, 3.8) is 0 Å². The van der Waals surface area contributed by atoms with Crippen molar-refractivity contribution in [3.8, 4) is 0 Å². The second-order valence-electron chi connectivity index (χ2n) is 7.17. The Labute approximate surface area is 135 Å². The topological polar surface area (TPSA) is 55.8 Å². The average Bonchev–Trinajstić information content (AvgIpc) is 2.53. The molecule has 5 nitrogen and oxygen atoms in total. The van der Waals surface area contributed by atoms with Gasteiger partial charge in [-0.05, 0) is 70.5 Å². The number of hydrogen-bond donors (Lipinski definition) is 2. The van der Waals surface area contributed by atoms with Gasteiger partial charge in [-0.2, -0.15) is 0 Å². The highest BCUT2D eigenvalue weighted by Crippen LogP contribution is 2.20. The SMILES string of the molecule is CC1CCN(CCCNC(=O)N2CCC(C(C)O)CC2)CC1. The highest BCUT2D eigenvalue weighted by atomic mass is 16.3. The fourth-order valence-corrected chi connectivity index (χ4v) is 3.48. The van der Waals surface area contributed by atoms with Crippen LogP contribution < -0.4 is 5.32 Å². The summed E-state index contributed by atoms with van der Waals surface area (Å²) in [7, 11) is 0. The molecule has 1 atom stereocenters. The predicted molar refractivity (Wildman–Crippen MR) is 88.8 cm³/mol. The first-order valence-electron chi connectivity index (χ1n) is 8.99. The molecule has 0 aromatic rings. The van der Waals surface area contributed by atoms with Crippen molar-refractivity contribution in [1.29, 1.82) is 0 Å². The summed E-state index contributed by atoms with van der Waals surface area (Å²) in [5.74, 6) is 1.23. The Balaban J connectivity index is 1.55. The molecule has 2 fully saturated rings. The number of rotatable bonds is 5. The monoisotopic (exact) mass is 311 g/mol. The van der Waals surface area contributed by atoms with Crippen molar-refractivity contribution in [3.05, 3.63) is 0 Å². The Morgan fingerprint density at radius 1 is 1.18 bits per heavy atom. The fourth-order valence-electron chi connectivity index (χ4n) is 3.48. The van der Waals surface area contributed by atoms with Crippen LogP contribution in [0, 0.1) is 11.8 Å². The maximum Gasteiger partial charge on any atom is 0.317 e. The van der Waals surface area contributed by atoms with Gasteiger partial charge in [0.05, 0.1) is 6.10 Å². The van der Waals surface area contributed by atoms with Crippen molar-refractivity contribution >= 4 is 6.03 Å². The molecule has 2 aliphatic rings. The molecule has 2 rings (SSSR count). The van der Waals surface area contributed by atoms with E-state index in [2.05, 4.69) is 17.1 Å². The lowest BCUT2D eigenvalue weighted by Gasteiger charge is -2.33. The van der Waals surface area contributed by atoms with Gasteiger partial charge in [-0.3, -0.25) is 0 Å². The normalized spacial score (nSPS) is 23.5. The molecular weight excluding hydrogens is 278 g/mol. The van der Waals surface area contributed by atoms with Crippen molar-refractivity contribution in [2.45, 2.75) is 52.1 Å². The molecule has 128 valence electrons. The Kier molecular flexibility index (Phi) is 6.96. The van der Waals surface area contributed by atoms with Gasteiger partial charge in [0.15, 0.2) is 0 Å². The molecule has 2 heterocycles. The first-order chi connectivity index (χ1) is 10.6. The van der Waals surface area contributed by atoms with E-state index in [0.717, 1.165) is 51.4 Å². The number of hydrogen-bond acceptors (Lipinski definition) is 3. The van der Waals surface area contributed by atoms with E-state index in [1.165, 1.54) is 25.9 Å². The van der Waals surface area contributed by atoms with E-state index in [1.54, 1.807) is 0 Å².